The Balaban J connectivity index is 0.000000370. The largest absolute Gasteiger partial charge is 0.545 e. The summed E-state index contributed by atoms with van der Waals surface area (Å²) < 4.78 is 0. The first-order valence-electron chi connectivity index (χ1n) is 7.24. The highest BCUT2D eigenvalue weighted by molar-refractivity contribution is 7.75. The Hall–Kier alpha value is -0.920. The van der Waals surface area contributed by atoms with Gasteiger partial charge in [0.15, 0.2) is 0 Å². The van der Waals surface area contributed by atoms with Gasteiger partial charge in [-0.05, 0) is 44.9 Å². The summed E-state index contributed by atoms with van der Waals surface area (Å²) in [6.07, 6.45) is 5.82. The van der Waals surface area contributed by atoms with Crippen molar-refractivity contribution in [2.45, 2.75) is 34.3 Å². The van der Waals surface area contributed by atoms with Crippen LogP contribution < -0.4 is 5.11 Å². The van der Waals surface area contributed by atoms with Gasteiger partial charge in [0.2, 0.25) is 0 Å². The Kier molecular flexibility index (Phi) is 9.45. The second-order valence-corrected chi connectivity index (χ2v) is 9.97. The van der Waals surface area contributed by atoms with Crippen molar-refractivity contribution in [3.63, 3.8) is 0 Å². The summed E-state index contributed by atoms with van der Waals surface area (Å²) >= 11 is 0. The fourth-order valence-corrected chi connectivity index (χ4v) is 4.82. The van der Waals surface area contributed by atoms with Gasteiger partial charge in [0.25, 0.3) is 0 Å². The van der Waals surface area contributed by atoms with E-state index < -0.39 is 13.2 Å². The highest BCUT2D eigenvalue weighted by Gasteiger charge is 2.27. The summed E-state index contributed by atoms with van der Waals surface area (Å²) in [5.74, 6) is -1.22. The average molecular weight is 298 g/mol. The lowest BCUT2D eigenvalue weighted by Crippen LogP contribution is -2.22. The van der Waals surface area contributed by atoms with E-state index >= 15 is 0 Å². The van der Waals surface area contributed by atoms with Crippen LogP contribution in [-0.2, 0) is 6.61 Å². The number of hydrogen-bond acceptors (Lipinski definition) is 3. The average Bonchev–Trinajstić information content (AvgIpc) is 2.51. The predicted molar refractivity (Wildman–Crippen MR) is 85.8 cm³/mol. The molecular formula is C16H27O3P. The highest BCUT2D eigenvalue weighted by atomic mass is 31.2. The number of carbonyl (C=O) groups excluding carboxylic acids is 1. The van der Waals surface area contributed by atoms with E-state index in [2.05, 4.69) is 27.7 Å². The van der Waals surface area contributed by atoms with Crippen molar-refractivity contribution in [1.82, 2.24) is 0 Å². The number of hydrogen-bond donors (Lipinski definition) is 1. The lowest BCUT2D eigenvalue weighted by molar-refractivity contribution is -0.255. The molecule has 114 valence electrons. The maximum absolute atomic E-state index is 10.3. The molecule has 0 aromatic heterocycles. The van der Waals surface area contributed by atoms with Crippen LogP contribution in [0.3, 0.4) is 0 Å². The predicted octanol–water partition coefficient (Wildman–Crippen LogP) is 2.63. The number of carbonyl (C=O) groups is 1. The van der Waals surface area contributed by atoms with Gasteiger partial charge in [0, 0.05) is 7.26 Å². The molecular weight excluding hydrogens is 271 g/mol. The monoisotopic (exact) mass is 298 g/mol. The van der Waals surface area contributed by atoms with Crippen LogP contribution in [0.5, 0.6) is 0 Å². The maximum Gasteiger partial charge on any atom is 0.0715 e. The molecule has 0 aliphatic heterocycles. The molecule has 0 fully saturated rings. The van der Waals surface area contributed by atoms with Crippen LogP contribution in [0.1, 0.15) is 43.6 Å². The Morgan fingerprint density at radius 2 is 1.60 bits per heavy atom. The van der Waals surface area contributed by atoms with Gasteiger partial charge in [-0.2, -0.15) is 0 Å². The lowest BCUT2D eigenvalue weighted by atomic mass is 10.1. The number of carboxylic acids is 1. The molecule has 4 heteroatoms. The Labute approximate surface area is 123 Å². The van der Waals surface area contributed by atoms with Gasteiger partial charge in [-0.15, -0.1) is 0 Å². The molecule has 1 aromatic rings. The van der Waals surface area contributed by atoms with Gasteiger partial charge in [-0.25, -0.2) is 0 Å². The minimum absolute atomic E-state index is 0.0940. The van der Waals surface area contributed by atoms with Gasteiger partial charge in [-0.3, -0.25) is 0 Å². The normalized spacial score (nSPS) is 10.7. The highest BCUT2D eigenvalue weighted by Crippen LogP contribution is 2.57. The maximum atomic E-state index is 10.3. The van der Waals surface area contributed by atoms with Crippen LogP contribution in [0.15, 0.2) is 24.3 Å². The second kappa shape index (κ2) is 9.90. The summed E-state index contributed by atoms with van der Waals surface area (Å²) in [7, 11) is -0.420. The molecule has 0 atom stereocenters. The molecule has 3 nitrogen and oxygen atoms in total. The molecule has 20 heavy (non-hydrogen) atoms. The van der Waals surface area contributed by atoms with Gasteiger partial charge >= 0.3 is 0 Å². The zero-order valence-corrected chi connectivity index (χ0v) is 14.0. The molecule has 0 aliphatic rings. The molecule has 0 aliphatic carbocycles. The molecule has 1 aromatic carbocycles. The van der Waals surface area contributed by atoms with Crippen LogP contribution in [0.4, 0.5) is 0 Å². The van der Waals surface area contributed by atoms with Crippen LogP contribution in [0.25, 0.3) is 0 Å². The van der Waals surface area contributed by atoms with E-state index in [1.165, 1.54) is 36.8 Å². The Bertz CT molecular complexity index is 383. The van der Waals surface area contributed by atoms with Crippen molar-refractivity contribution in [3.05, 3.63) is 35.4 Å². The Morgan fingerprint density at radius 3 is 1.90 bits per heavy atom. The standard InChI is InChI=1S/C8H8O3.C8H20P/c9-5-6-2-1-3-7(4-6)8(10)11;1-5-9(6-2,7-3)8-4/h1-4,9H,5H2,(H,10,11);5-8H2,1-4H3/q;+1/p-1. The van der Waals surface area contributed by atoms with E-state index in [-0.39, 0.29) is 12.2 Å². The molecule has 0 unspecified atom stereocenters. The van der Waals surface area contributed by atoms with Crippen molar-refractivity contribution >= 4 is 13.2 Å². The Morgan fingerprint density at radius 1 is 1.10 bits per heavy atom. The van der Waals surface area contributed by atoms with Crippen molar-refractivity contribution in [3.8, 4) is 0 Å². The van der Waals surface area contributed by atoms with E-state index in [1.807, 2.05) is 0 Å². The summed E-state index contributed by atoms with van der Waals surface area (Å²) in [6, 6.07) is 6.02. The molecule has 0 heterocycles. The first kappa shape index (κ1) is 19.1. The molecule has 0 bridgehead atoms. The number of carboxylic acid groups (broad SMARTS) is 1. The molecule has 1 N–H and O–H groups in total. The molecule has 0 saturated carbocycles. The van der Waals surface area contributed by atoms with Gasteiger partial charge in [0.05, 0.1) is 37.2 Å². The van der Waals surface area contributed by atoms with E-state index in [1.54, 1.807) is 12.1 Å². The van der Waals surface area contributed by atoms with Gasteiger partial charge < -0.3 is 15.0 Å². The topological polar surface area (TPSA) is 60.4 Å². The number of aliphatic hydroxyl groups excluding tert-OH is 1. The number of aromatic carboxylic acids is 1. The third-order valence-electron chi connectivity index (χ3n) is 4.03. The van der Waals surface area contributed by atoms with E-state index in [0.29, 0.717) is 5.56 Å². The molecule has 1 rings (SSSR count). The number of aliphatic hydroxyl groups is 1. The van der Waals surface area contributed by atoms with Gasteiger partial charge in [-0.1, -0.05) is 18.2 Å². The quantitative estimate of drug-likeness (QED) is 0.821. The third kappa shape index (κ3) is 6.02. The first-order valence-corrected chi connectivity index (χ1v) is 9.77. The second-order valence-electron chi connectivity index (χ2n) is 4.75. The molecule has 0 radical (unpaired) electrons. The fraction of sp³-hybridized carbons (Fsp3) is 0.562. The lowest BCUT2D eigenvalue weighted by Gasteiger charge is -2.20. The van der Waals surface area contributed by atoms with Crippen LogP contribution in [0, 0.1) is 0 Å². The van der Waals surface area contributed by atoms with E-state index in [0.717, 1.165) is 0 Å². The van der Waals surface area contributed by atoms with Crippen molar-refractivity contribution in [1.29, 1.82) is 0 Å². The summed E-state index contributed by atoms with van der Waals surface area (Å²) in [5, 5.41) is 18.9. The summed E-state index contributed by atoms with van der Waals surface area (Å²) in [5.41, 5.74) is 0.670. The number of rotatable bonds is 6. The van der Waals surface area contributed by atoms with Crippen molar-refractivity contribution in [2.75, 3.05) is 24.6 Å². The minimum atomic E-state index is -1.22. The summed E-state index contributed by atoms with van der Waals surface area (Å²) in [6.45, 7) is 9.25. The first-order chi connectivity index (χ1) is 9.48. The summed E-state index contributed by atoms with van der Waals surface area (Å²) in [4.78, 5) is 10.3. The van der Waals surface area contributed by atoms with Crippen molar-refractivity contribution < 1.29 is 15.0 Å². The number of benzene rings is 1. The molecule has 0 amide bonds. The van der Waals surface area contributed by atoms with Crippen molar-refractivity contribution in [2.24, 2.45) is 0 Å². The fourth-order valence-electron chi connectivity index (χ4n) is 2.14. The van der Waals surface area contributed by atoms with Gasteiger partial charge in [0.1, 0.15) is 0 Å². The third-order valence-corrected chi connectivity index (χ3v) is 9.40. The van der Waals surface area contributed by atoms with E-state index in [4.69, 9.17) is 5.11 Å². The molecule has 0 saturated heterocycles. The minimum Gasteiger partial charge on any atom is -0.545 e. The smallest absolute Gasteiger partial charge is 0.0715 e. The van der Waals surface area contributed by atoms with Crippen LogP contribution in [-0.4, -0.2) is 35.7 Å². The zero-order chi connectivity index (χ0) is 15.6. The molecule has 0 spiro atoms. The zero-order valence-electron chi connectivity index (χ0n) is 13.1. The van der Waals surface area contributed by atoms with Crippen LogP contribution in [0.2, 0.25) is 0 Å². The van der Waals surface area contributed by atoms with Crippen LogP contribution >= 0.6 is 7.26 Å². The van der Waals surface area contributed by atoms with E-state index in [9.17, 15) is 9.90 Å². The SMILES string of the molecule is CC[P+](CC)(CC)CC.O=C([O-])c1cccc(CO)c1.